The van der Waals surface area contributed by atoms with Crippen molar-refractivity contribution in [2.75, 3.05) is 0 Å². The predicted molar refractivity (Wildman–Crippen MR) is 93.5 cm³/mol. The minimum atomic E-state index is 0.793. The second-order valence-corrected chi connectivity index (χ2v) is 6.68. The molecule has 0 spiro atoms. The van der Waals surface area contributed by atoms with E-state index >= 15 is 0 Å². The van der Waals surface area contributed by atoms with Crippen molar-refractivity contribution in [3.63, 3.8) is 0 Å². The second kappa shape index (κ2) is 7.62. The number of hydrogen-bond donors (Lipinski definition) is 0. The van der Waals surface area contributed by atoms with Gasteiger partial charge in [-0.2, -0.15) is 0 Å². The van der Waals surface area contributed by atoms with Gasteiger partial charge in [0.05, 0.1) is 6.54 Å². The van der Waals surface area contributed by atoms with E-state index in [1.807, 2.05) is 0 Å². The van der Waals surface area contributed by atoms with E-state index in [9.17, 15) is 0 Å². The van der Waals surface area contributed by atoms with Gasteiger partial charge in [-0.15, -0.1) is 0 Å². The summed E-state index contributed by atoms with van der Waals surface area (Å²) in [7, 11) is 0. The first-order valence-electron chi connectivity index (χ1n) is 8.70. The molecule has 0 aliphatic heterocycles. The molecule has 0 saturated heterocycles. The molecule has 1 heterocycles. The Bertz CT molecular complexity index is 587. The minimum Gasteiger partial charge on any atom is -0.236 e. The van der Waals surface area contributed by atoms with Gasteiger partial charge in [-0.3, -0.25) is 0 Å². The lowest BCUT2D eigenvalue weighted by Gasteiger charge is -2.11. The highest BCUT2D eigenvalue weighted by Gasteiger charge is 2.15. The largest absolute Gasteiger partial charge is 0.248 e. The summed E-state index contributed by atoms with van der Waals surface area (Å²) in [6, 6.07) is 4.53. The molecule has 0 fully saturated rings. The number of benzene rings is 1. The molecule has 120 valence electrons. The van der Waals surface area contributed by atoms with Gasteiger partial charge in [-0.05, 0) is 50.7 Å². The van der Waals surface area contributed by atoms with Crippen molar-refractivity contribution < 1.29 is 4.57 Å². The van der Waals surface area contributed by atoms with Crippen molar-refractivity contribution in [2.45, 2.75) is 66.8 Å². The average molecular weight is 299 g/mol. The zero-order valence-electron chi connectivity index (χ0n) is 14.9. The Balaban J connectivity index is 2.18. The first-order valence-corrected chi connectivity index (χ1v) is 8.70. The maximum Gasteiger partial charge on any atom is 0.248 e. The summed E-state index contributed by atoms with van der Waals surface area (Å²) in [4.78, 5) is 0. The summed E-state index contributed by atoms with van der Waals surface area (Å²) in [6.07, 6.45) is 11.9. The number of aromatic nitrogens is 2. The number of hydrogen-bond acceptors (Lipinski definition) is 0. The zero-order valence-corrected chi connectivity index (χ0v) is 14.9. The molecule has 1 aromatic carbocycles. The van der Waals surface area contributed by atoms with Crippen LogP contribution in [0.15, 0.2) is 30.9 Å². The van der Waals surface area contributed by atoms with Crippen LogP contribution in [0.1, 0.15) is 56.2 Å². The average Bonchev–Trinajstić information content (AvgIpc) is 2.90. The van der Waals surface area contributed by atoms with E-state index in [0.29, 0.717) is 0 Å². The van der Waals surface area contributed by atoms with Crippen LogP contribution in [-0.2, 0) is 6.54 Å². The minimum absolute atomic E-state index is 0.793. The van der Waals surface area contributed by atoms with Crippen molar-refractivity contribution in [2.24, 2.45) is 5.92 Å². The van der Waals surface area contributed by atoms with Crippen molar-refractivity contribution >= 4 is 0 Å². The third-order valence-corrected chi connectivity index (χ3v) is 4.60. The normalized spacial score (nSPS) is 12.6. The Labute approximate surface area is 135 Å². The number of imidazole rings is 1. The van der Waals surface area contributed by atoms with E-state index < -0.39 is 0 Å². The molecular weight excluding hydrogens is 268 g/mol. The second-order valence-electron chi connectivity index (χ2n) is 6.68. The van der Waals surface area contributed by atoms with Gasteiger partial charge in [-0.25, -0.2) is 9.13 Å². The van der Waals surface area contributed by atoms with Crippen LogP contribution in [0.5, 0.6) is 0 Å². The van der Waals surface area contributed by atoms with Crippen LogP contribution in [-0.4, -0.2) is 4.57 Å². The Morgan fingerprint density at radius 2 is 1.77 bits per heavy atom. The molecule has 0 N–H and O–H groups in total. The third kappa shape index (κ3) is 4.00. The van der Waals surface area contributed by atoms with Crippen molar-refractivity contribution in [3.05, 3.63) is 47.5 Å². The maximum absolute atomic E-state index is 2.35. The Hall–Kier alpha value is -1.57. The van der Waals surface area contributed by atoms with E-state index in [1.165, 1.54) is 48.1 Å². The molecule has 0 amide bonds. The quantitative estimate of drug-likeness (QED) is 0.643. The lowest BCUT2D eigenvalue weighted by atomic mass is 9.99. The fourth-order valence-electron chi connectivity index (χ4n) is 3.43. The zero-order chi connectivity index (χ0) is 16.1. The van der Waals surface area contributed by atoms with Crippen LogP contribution >= 0.6 is 0 Å². The van der Waals surface area contributed by atoms with Crippen LogP contribution in [0.25, 0.3) is 5.69 Å². The van der Waals surface area contributed by atoms with Crippen LogP contribution in [0.3, 0.4) is 0 Å². The molecule has 0 aliphatic carbocycles. The molecule has 2 aromatic rings. The first kappa shape index (κ1) is 16.8. The summed E-state index contributed by atoms with van der Waals surface area (Å²) >= 11 is 0. The van der Waals surface area contributed by atoms with Gasteiger partial charge in [0.1, 0.15) is 18.1 Å². The summed E-state index contributed by atoms with van der Waals surface area (Å²) in [5.74, 6) is 0.793. The number of aryl methyl sites for hydroxylation is 3. The highest BCUT2D eigenvalue weighted by atomic mass is 15.1. The molecule has 22 heavy (non-hydrogen) atoms. The first-order chi connectivity index (χ1) is 10.5. The molecule has 2 heteroatoms. The highest BCUT2D eigenvalue weighted by molar-refractivity contribution is 5.48. The van der Waals surface area contributed by atoms with Crippen LogP contribution in [0.2, 0.25) is 0 Å². The smallest absolute Gasteiger partial charge is 0.236 e. The summed E-state index contributed by atoms with van der Waals surface area (Å²) in [5.41, 5.74) is 5.35. The fourth-order valence-corrected chi connectivity index (χ4v) is 3.43. The van der Waals surface area contributed by atoms with Gasteiger partial charge in [-0.1, -0.05) is 44.4 Å². The van der Waals surface area contributed by atoms with Gasteiger partial charge < -0.3 is 0 Å². The Morgan fingerprint density at radius 1 is 1.09 bits per heavy atom. The lowest BCUT2D eigenvalue weighted by molar-refractivity contribution is -0.702. The number of rotatable bonds is 7. The molecule has 0 aliphatic rings. The van der Waals surface area contributed by atoms with Gasteiger partial charge in [0, 0.05) is 0 Å². The van der Waals surface area contributed by atoms with E-state index in [2.05, 4.69) is 74.6 Å². The molecule has 2 nitrogen and oxygen atoms in total. The SMILES string of the molecule is CCCCC(CC)C[n+]1ccn(-c2c(C)cc(C)cc2C)c1. The highest BCUT2D eigenvalue weighted by Crippen LogP contribution is 2.20. The van der Waals surface area contributed by atoms with Crippen molar-refractivity contribution in [1.29, 1.82) is 0 Å². The van der Waals surface area contributed by atoms with E-state index in [0.717, 1.165) is 12.5 Å². The van der Waals surface area contributed by atoms with Gasteiger partial charge in [0.25, 0.3) is 0 Å². The molecular formula is C20H31N2+. The predicted octanol–water partition coefficient (Wildman–Crippen LogP) is 4.91. The Morgan fingerprint density at radius 3 is 2.36 bits per heavy atom. The maximum atomic E-state index is 2.35. The summed E-state index contributed by atoms with van der Waals surface area (Å²) < 4.78 is 4.62. The van der Waals surface area contributed by atoms with E-state index in [4.69, 9.17) is 0 Å². The molecule has 1 unspecified atom stereocenters. The van der Waals surface area contributed by atoms with Gasteiger partial charge in [0.2, 0.25) is 6.33 Å². The van der Waals surface area contributed by atoms with Crippen LogP contribution in [0, 0.1) is 26.7 Å². The molecule has 0 saturated carbocycles. The Kier molecular flexibility index (Phi) is 5.82. The molecule has 1 aromatic heterocycles. The van der Waals surface area contributed by atoms with Crippen LogP contribution < -0.4 is 4.57 Å². The van der Waals surface area contributed by atoms with E-state index in [1.54, 1.807) is 0 Å². The number of unbranched alkanes of at least 4 members (excludes halogenated alkanes) is 1. The molecule has 0 bridgehead atoms. The van der Waals surface area contributed by atoms with Crippen molar-refractivity contribution in [3.8, 4) is 5.69 Å². The summed E-state index contributed by atoms with van der Waals surface area (Å²) in [6.45, 7) is 12.3. The lowest BCUT2D eigenvalue weighted by Crippen LogP contribution is -2.35. The topological polar surface area (TPSA) is 8.81 Å². The number of nitrogens with zero attached hydrogens (tertiary/aromatic N) is 2. The van der Waals surface area contributed by atoms with Crippen LogP contribution in [0.4, 0.5) is 0 Å². The summed E-state index contributed by atoms with van der Waals surface area (Å²) in [5, 5.41) is 0. The van der Waals surface area contributed by atoms with Gasteiger partial charge in [0.15, 0.2) is 0 Å². The molecule has 2 rings (SSSR count). The molecule has 1 atom stereocenters. The third-order valence-electron chi connectivity index (χ3n) is 4.60. The molecule has 0 radical (unpaired) electrons. The van der Waals surface area contributed by atoms with E-state index in [-0.39, 0.29) is 0 Å². The van der Waals surface area contributed by atoms with Gasteiger partial charge >= 0.3 is 0 Å². The fraction of sp³-hybridized carbons (Fsp3) is 0.550. The van der Waals surface area contributed by atoms with Crippen molar-refractivity contribution in [1.82, 2.24) is 4.57 Å². The monoisotopic (exact) mass is 299 g/mol. The standard InChI is InChI=1S/C20H31N2/c1-6-8-9-19(7-2)14-21-10-11-22(15-21)20-17(4)12-16(3)13-18(20)5/h10-13,15,19H,6-9,14H2,1-5H3/q+1.